The lowest BCUT2D eigenvalue weighted by Crippen LogP contribution is -2.29. The van der Waals surface area contributed by atoms with Crippen LogP contribution in [0.3, 0.4) is 0 Å². The number of rotatable bonds is 7. The van der Waals surface area contributed by atoms with Crippen molar-refractivity contribution in [3.05, 3.63) is 169 Å². The standard InChI is InChI=1S/C27H22O4S.C11H8O2.C4H6/c28-26(22-11-9-18-5-1-3-7-20(18)15-22)30-17-25-24(13-14-32-25)31-27(29)23-12-10-19-6-2-4-8-21(19)16-23;12-11(13)10-6-5-8-3-1-2-4-9(8)7-10;1-3-4-2/h1-12,15-16,24-25H,13-14,17H2;1-7H,(H,12,13);3-4H,1-2H2/t24-,25-;;/m1../s1. The summed E-state index contributed by atoms with van der Waals surface area (Å²) < 4.78 is 11.4. The summed E-state index contributed by atoms with van der Waals surface area (Å²) in [5.41, 5.74) is 1.39. The predicted molar refractivity (Wildman–Crippen MR) is 200 cm³/mol. The molecule has 6 aromatic carbocycles. The molecule has 0 unspecified atom stereocenters. The normalized spacial score (nSPS) is 14.9. The van der Waals surface area contributed by atoms with Crippen LogP contribution in [-0.2, 0) is 9.47 Å². The van der Waals surface area contributed by atoms with E-state index in [4.69, 9.17) is 14.6 Å². The van der Waals surface area contributed by atoms with Gasteiger partial charge in [0.1, 0.15) is 12.7 Å². The van der Waals surface area contributed by atoms with Crippen LogP contribution in [0, 0.1) is 0 Å². The zero-order valence-corrected chi connectivity index (χ0v) is 27.7. The van der Waals surface area contributed by atoms with E-state index in [1.807, 2.05) is 103 Å². The van der Waals surface area contributed by atoms with Crippen molar-refractivity contribution in [2.24, 2.45) is 0 Å². The molecule has 49 heavy (non-hydrogen) atoms. The monoisotopic (exact) mass is 668 g/mol. The summed E-state index contributed by atoms with van der Waals surface area (Å²) in [5, 5.41) is 14.9. The Bertz CT molecular complexity index is 2110. The highest BCUT2D eigenvalue weighted by Gasteiger charge is 2.32. The van der Waals surface area contributed by atoms with Crippen molar-refractivity contribution in [3.8, 4) is 0 Å². The molecule has 2 atom stereocenters. The van der Waals surface area contributed by atoms with E-state index in [1.54, 1.807) is 48.2 Å². The number of esters is 2. The van der Waals surface area contributed by atoms with Gasteiger partial charge in [-0.3, -0.25) is 0 Å². The molecule has 0 aromatic heterocycles. The number of carbonyl (C=O) groups is 3. The molecule has 7 rings (SSSR count). The highest BCUT2D eigenvalue weighted by molar-refractivity contribution is 8.00. The number of benzene rings is 6. The molecule has 1 saturated heterocycles. The molecule has 1 aliphatic rings. The van der Waals surface area contributed by atoms with E-state index < -0.39 is 5.97 Å². The lowest BCUT2D eigenvalue weighted by molar-refractivity contribution is 0.0221. The number of aromatic carboxylic acids is 1. The van der Waals surface area contributed by atoms with Crippen LogP contribution in [0.25, 0.3) is 32.3 Å². The van der Waals surface area contributed by atoms with Crippen LogP contribution in [0.2, 0.25) is 0 Å². The van der Waals surface area contributed by atoms with E-state index in [9.17, 15) is 14.4 Å². The number of thioether (sulfide) groups is 1. The van der Waals surface area contributed by atoms with Gasteiger partial charge >= 0.3 is 17.9 Å². The quantitative estimate of drug-likeness (QED) is 0.134. The Labute approximate surface area is 289 Å². The maximum atomic E-state index is 12.7. The molecule has 0 saturated carbocycles. The SMILES string of the molecule is C=CC=C.O=C(O)c1ccc2ccccc2c1.O=C(OC[C@H]1SCC[C@H]1OC(=O)c1ccc2ccccc2c1)c1ccc2ccccc2c1. The Balaban J connectivity index is 0.000000227. The van der Waals surface area contributed by atoms with Gasteiger partial charge < -0.3 is 14.6 Å². The Kier molecular flexibility index (Phi) is 12.0. The summed E-state index contributed by atoms with van der Waals surface area (Å²) in [6.07, 6.45) is 3.76. The van der Waals surface area contributed by atoms with Crippen LogP contribution in [-0.4, -0.2) is 46.7 Å². The third-order valence-corrected chi connectivity index (χ3v) is 9.26. The van der Waals surface area contributed by atoms with Crippen molar-refractivity contribution < 1.29 is 29.0 Å². The first-order chi connectivity index (χ1) is 23.9. The zero-order chi connectivity index (χ0) is 34.6. The second-order valence-electron chi connectivity index (χ2n) is 11.2. The average molecular weight is 669 g/mol. The first-order valence-corrected chi connectivity index (χ1v) is 16.8. The van der Waals surface area contributed by atoms with Gasteiger partial charge in [-0.05, 0) is 80.9 Å². The number of hydrogen-bond donors (Lipinski definition) is 1. The predicted octanol–water partition coefficient (Wildman–Crippen LogP) is 9.78. The zero-order valence-electron chi connectivity index (χ0n) is 26.9. The third-order valence-electron chi connectivity index (χ3n) is 7.92. The van der Waals surface area contributed by atoms with Crippen LogP contribution in [0.1, 0.15) is 37.5 Å². The summed E-state index contributed by atoms with van der Waals surface area (Å²) in [6, 6.07) is 39.7. The molecule has 1 heterocycles. The van der Waals surface area contributed by atoms with Crippen molar-refractivity contribution in [3.63, 3.8) is 0 Å². The number of fused-ring (bicyclic) bond motifs is 3. The van der Waals surface area contributed by atoms with Crippen molar-refractivity contribution in [2.75, 3.05) is 12.4 Å². The number of allylic oxidation sites excluding steroid dienone is 2. The Morgan fingerprint density at radius 2 is 1.06 bits per heavy atom. The summed E-state index contributed by atoms with van der Waals surface area (Å²) in [4.78, 5) is 36.0. The Morgan fingerprint density at radius 1 is 0.633 bits per heavy atom. The smallest absolute Gasteiger partial charge is 0.338 e. The van der Waals surface area contributed by atoms with E-state index in [0.717, 1.165) is 44.5 Å². The minimum Gasteiger partial charge on any atom is -0.478 e. The number of ether oxygens (including phenoxy) is 2. The molecule has 0 spiro atoms. The molecule has 7 heteroatoms. The Hall–Kier alpha value is -5.66. The lowest BCUT2D eigenvalue weighted by atomic mass is 10.1. The molecule has 0 aliphatic carbocycles. The van der Waals surface area contributed by atoms with Gasteiger partial charge in [0.05, 0.1) is 21.9 Å². The van der Waals surface area contributed by atoms with Gasteiger partial charge in [-0.25, -0.2) is 14.4 Å². The molecule has 246 valence electrons. The van der Waals surface area contributed by atoms with Gasteiger partial charge in [-0.15, -0.1) is 0 Å². The Morgan fingerprint density at radius 3 is 1.53 bits per heavy atom. The summed E-state index contributed by atoms with van der Waals surface area (Å²) in [7, 11) is 0. The first-order valence-electron chi connectivity index (χ1n) is 15.8. The first kappa shape index (κ1) is 34.7. The van der Waals surface area contributed by atoms with Crippen LogP contribution in [0.5, 0.6) is 0 Å². The highest BCUT2D eigenvalue weighted by atomic mass is 32.2. The van der Waals surface area contributed by atoms with Crippen LogP contribution in [0.15, 0.2) is 153 Å². The maximum Gasteiger partial charge on any atom is 0.338 e. The summed E-state index contributed by atoms with van der Waals surface area (Å²) in [5.74, 6) is -0.712. The molecule has 0 amide bonds. The molecule has 6 nitrogen and oxygen atoms in total. The molecule has 1 fully saturated rings. The topological polar surface area (TPSA) is 89.9 Å². The number of carboxylic acid groups (broad SMARTS) is 1. The van der Waals surface area contributed by atoms with Gasteiger partial charge in [-0.2, -0.15) is 11.8 Å². The van der Waals surface area contributed by atoms with Gasteiger partial charge in [0.25, 0.3) is 0 Å². The van der Waals surface area contributed by atoms with E-state index >= 15 is 0 Å². The molecule has 1 aliphatic heterocycles. The maximum absolute atomic E-state index is 12.7. The van der Waals surface area contributed by atoms with Crippen molar-refractivity contribution in [1.29, 1.82) is 0 Å². The fourth-order valence-corrected chi connectivity index (χ4v) is 6.56. The third kappa shape index (κ3) is 9.24. The second kappa shape index (κ2) is 16.9. The van der Waals surface area contributed by atoms with Gasteiger partial charge in [-0.1, -0.05) is 116 Å². The lowest BCUT2D eigenvalue weighted by Gasteiger charge is -2.19. The largest absolute Gasteiger partial charge is 0.478 e. The molecule has 0 bridgehead atoms. The van der Waals surface area contributed by atoms with Crippen LogP contribution < -0.4 is 0 Å². The molecule has 6 aromatic rings. The molecule has 0 radical (unpaired) electrons. The summed E-state index contributed by atoms with van der Waals surface area (Å²) >= 11 is 1.68. The van der Waals surface area contributed by atoms with E-state index in [1.165, 1.54) is 0 Å². The molecule has 1 N–H and O–H groups in total. The molecular weight excluding hydrogens is 633 g/mol. The van der Waals surface area contributed by atoms with E-state index in [2.05, 4.69) is 13.2 Å². The van der Waals surface area contributed by atoms with Gasteiger partial charge in [0.15, 0.2) is 0 Å². The average Bonchev–Trinajstić information content (AvgIpc) is 3.60. The fourth-order valence-electron chi connectivity index (χ4n) is 5.32. The number of carboxylic acids is 1. The van der Waals surface area contributed by atoms with Crippen LogP contribution in [0.4, 0.5) is 0 Å². The minimum atomic E-state index is -0.884. The minimum absolute atomic E-state index is 0.0659. The molecular formula is C42H36O6S. The number of hydrogen-bond acceptors (Lipinski definition) is 6. The van der Waals surface area contributed by atoms with Crippen molar-refractivity contribution in [2.45, 2.75) is 17.8 Å². The summed E-state index contributed by atoms with van der Waals surface area (Å²) in [6.45, 7) is 6.94. The van der Waals surface area contributed by atoms with Gasteiger partial charge in [0.2, 0.25) is 0 Å². The van der Waals surface area contributed by atoms with Gasteiger partial charge in [0, 0.05) is 0 Å². The van der Waals surface area contributed by atoms with Crippen molar-refractivity contribution in [1.82, 2.24) is 0 Å². The second-order valence-corrected chi connectivity index (χ2v) is 12.5. The highest BCUT2D eigenvalue weighted by Crippen LogP contribution is 2.31. The fraction of sp³-hybridized carbons (Fsp3) is 0.119. The van der Waals surface area contributed by atoms with E-state index in [-0.39, 0.29) is 29.9 Å². The van der Waals surface area contributed by atoms with Crippen molar-refractivity contribution >= 4 is 62.0 Å². The van der Waals surface area contributed by atoms with Crippen LogP contribution >= 0.6 is 11.8 Å². The number of carbonyl (C=O) groups excluding carboxylic acids is 2. The van der Waals surface area contributed by atoms with E-state index in [0.29, 0.717) is 16.7 Å².